The molecule has 0 aromatic heterocycles. The molecule has 1 rings (SSSR count). The first kappa shape index (κ1) is 16.0. The molecule has 1 aromatic rings. The molecule has 0 saturated heterocycles. The van der Waals surface area contributed by atoms with Gasteiger partial charge in [0.1, 0.15) is 0 Å². The summed E-state index contributed by atoms with van der Waals surface area (Å²) in [6.07, 6.45) is 0. The molecule has 7 heteroatoms. The summed E-state index contributed by atoms with van der Waals surface area (Å²) in [7, 11) is 0. The molecule has 4 nitrogen and oxygen atoms in total. The van der Waals surface area contributed by atoms with Gasteiger partial charge in [0.15, 0.2) is 0 Å². The molecule has 0 aliphatic carbocycles. The van der Waals surface area contributed by atoms with Crippen LogP contribution in [0.4, 0.5) is 5.69 Å². The Labute approximate surface area is 102 Å². The number of rotatable bonds is 2. The predicted octanol–water partition coefficient (Wildman–Crippen LogP) is 2.28. The van der Waals surface area contributed by atoms with Crippen LogP contribution in [0.15, 0.2) is 22.7 Å². The van der Waals surface area contributed by atoms with Crippen molar-refractivity contribution >= 4 is 52.4 Å². The first-order valence-electron chi connectivity index (χ1n) is 3.14. The van der Waals surface area contributed by atoms with E-state index < -0.39 is 5.97 Å². The number of nitrogens with two attached hydrogens (primary N) is 1. The molecular formula is C7H9BrCl2N2O2. The molecule has 0 amide bonds. The van der Waals surface area contributed by atoms with Crippen LogP contribution in [0.5, 0.6) is 0 Å². The fourth-order valence-electron chi connectivity index (χ4n) is 0.796. The van der Waals surface area contributed by atoms with Gasteiger partial charge in [0, 0.05) is 4.47 Å². The highest BCUT2D eigenvalue weighted by Gasteiger charge is 2.04. The Balaban J connectivity index is 0. The molecule has 0 bridgehead atoms. The number of carboxylic acids is 1. The minimum Gasteiger partial charge on any atom is -0.478 e. The van der Waals surface area contributed by atoms with Gasteiger partial charge in [-0.1, -0.05) is 15.9 Å². The molecule has 1 aromatic carbocycles. The number of anilines is 1. The van der Waals surface area contributed by atoms with E-state index in [1.165, 1.54) is 12.1 Å². The first-order chi connectivity index (χ1) is 5.63. The number of benzene rings is 1. The Bertz CT molecular complexity index is 323. The van der Waals surface area contributed by atoms with Gasteiger partial charge in [0.2, 0.25) is 0 Å². The highest BCUT2D eigenvalue weighted by atomic mass is 79.9. The Morgan fingerprint density at radius 1 is 1.36 bits per heavy atom. The second-order valence-corrected chi connectivity index (χ2v) is 3.09. The first-order valence-corrected chi connectivity index (χ1v) is 3.93. The minimum absolute atomic E-state index is 0. The standard InChI is InChI=1S/C7H7BrN2O2.2ClH/c8-5-1-4(7(11)12)2-6(3-5)10-9;;/h1-3,10H,9H2,(H,11,12);2*1H. The van der Waals surface area contributed by atoms with Crippen molar-refractivity contribution in [1.29, 1.82) is 0 Å². The van der Waals surface area contributed by atoms with Gasteiger partial charge in [-0.3, -0.25) is 5.84 Å². The molecule has 4 N–H and O–H groups in total. The molecule has 0 radical (unpaired) electrons. The van der Waals surface area contributed by atoms with Crippen LogP contribution >= 0.6 is 40.7 Å². The summed E-state index contributed by atoms with van der Waals surface area (Å²) in [5.41, 5.74) is 3.12. The second kappa shape index (κ2) is 6.89. The van der Waals surface area contributed by atoms with E-state index in [1.807, 2.05) is 0 Å². The zero-order valence-electron chi connectivity index (χ0n) is 6.86. The summed E-state index contributed by atoms with van der Waals surface area (Å²) >= 11 is 3.16. The number of nitrogen functional groups attached to an aromatic ring is 1. The third kappa shape index (κ3) is 4.15. The largest absolute Gasteiger partial charge is 0.478 e. The van der Waals surface area contributed by atoms with E-state index in [9.17, 15) is 4.79 Å². The lowest BCUT2D eigenvalue weighted by atomic mass is 10.2. The number of hydrogen-bond acceptors (Lipinski definition) is 3. The van der Waals surface area contributed by atoms with Crippen molar-refractivity contribution < 1.29 is 9.90 Å². The van der Waals surface area contributed by atoms with Gasteiger partial charge in [-0.05, 0) is 18.2 Å². The number of nitrogens with one attached hydrogen (secondary N) is 1. The number of hydrogen-bond donors (Lipinski definition) is 3. The fourth-order valence-corrected chi connectivity index (χ4v) is 1.29. The van der Waals surface area contributed by atoms with Crippen molar-refractivity contribution in [1.82, 2.24) is 0 Å². The van der Waals surface area contributed by atoms with E-state index in [0.717, 1.165) is 0 Å². The third-order valence-electron chi connectivity index (χ3n) is 1.31. The molecule has 0 aliphatic rings. The monoisotopic (exact) mass is 302 g/mol. The van der Waals surface area contributed by atoms with Crippen molar-refractivity contribution in [3.63, 3.8) is 0 Å². The van der Waals surface area contributed by atoms with Crippen molar-refractivity contribution in [2.45, 2.75) is 0 Å². The number of aromatic carboxylic acids is 1. The predicted molar refractivity (Wildman–Crippen MR) is 63.4 cm³/mol. The lowest BCUT2D eigenvalue weighted by molar-refractivity contribution is 0.0697. The molecule has 80 valence electrons. The second-order valence-electron chi connectivity index (χ2n) is 2.18. The van der Waals surface area contributed by atoms with Gasteiger partial charge in [0.25, 0.3) is 0 Å². The zero-order chi connectivity index (χ0) is 9.14. The molecule has 0 heterocycles. The van der Waals surface area contributed by atoms with E-state index in [0.29, 0.717) is 10.2 Å². The smallest absolute Gasteiger partial charge is 0.335 e. The van der Waals surface area contributed by atoms with Crippen LogP contribution in [0.1, 0.15) is 10.4 Å². The normalized spacial score (nSPS) is 8.14. The molecule has 0 atom stereocenters. The summed E-state index contributed by atoms with van der Waals surface area (Å²) < 4.78 is 0.676. The van der Waals surface area contributed by atoms with Crippen LogP contribution in [-0.4, -0.2) is 11.1 Å². The Hall–Kier alpha value is -0.490. The lowest BCUT2D eigenvalue weighted by Gasteiger charge is -2.02. The molecule has 0 fully saturated rings. The summed E-state index contributed by atoms with van der Waals surface area (Å²) in [4.78, 5) is 10.5. The maximum atomic E-state index is 10.5. The Kier molecular flexibility index (Phi) is 7.85. The molecule has 0 saturated carbocycles. The summed E-state index contributed by atoms with van der Waals surface area (Å²) in [6.45, 7) is 0. The van der Waals surface area contributed by atoms with E-state index >= 15 is 0 Å². The summed E-state index contributed by atoms with van der Waals surface area (Å²) in [5.74, 6) is 4.15. The van der Waals surface area contributed by atoms with Gasteiger partial charge in [-0.15, -0.1) is 24.8 Å². The van der Waals surface area contributed by atoms with Crippen LogP contribution in [0.3, 0.4) is 0 Å². The molecule has 0 spiro atoms. The van der Waals surface area contributed by atoms with Gasteiger partial charge < -0.3 is 10.5 Å². The van der Waals surface area contributed by atoms with Gasteiger partial charge in [-0.2, -0.15) is 0 Å². The average Bonchev–Trinajstić information content (AvgIpc) is 2.03. The number of carbonyl (C=O) groups is 1. The van der Waals surface area contributed by atoms with E-state index in [4.69, 9.17) is 10.9 Å². The van der Waals surface area contributed by atoms with E-state index in [-0.39, 0.29) is 30.4 Å². The minimum atomic E-state index is -0.979. The number of carboxylic acid groups (broad SMARTS) is 1. The number of hydrazine groups is 1. The lowest BCUT2D eigenvalue weighted by Crippen LogP contribution is -2.08. The number of halogens is 3. The Morgan fingerprint density at radius 2 is 1.93 bits per heavy atom. The van der Waals surface area contributed by atoms with E-state index in [2.05, 4.69) is 21.4 Å². The van der Waals surface area contributed by atoms with Crippen molar-refractivity contribution in [2.24, 2.45) is 5.84 Å². The van der Waals surface area contributed by atoms with Gasteiger partial charge >= 0.3 is 5.97 Å². The van der Waals surface area contributed by atoms with Gasteiger partial charge in [0.05, 0.1) is 11.3 Å². The Morgan fingerprint density at radius 3 is 2.36 bits per heavy atom. The maximum Gasteiger partial charge on any atom is 0.335 e. The van der Waals surface area contributed by atoms with Crippen molar-refractivity contribution in [3.8, 4) is 0 Å². The highest BCUT2D eigenvalue weighted by molar-refractivity contribution is 9.10. The maximum absolute atomic E-state index is 10.5. The summed E-state index contributed by atoms with van der Waals surface area (Å²) in [6, 6.07) is 4.64. The molecule has 0 unspecified atom stereocenters. The molecular weight excluding hydrogens is 295 g/mol. The van der Waals surface area contributed by atoms with Gasteiger partial charge in [-0.25, -0.2) is 4.79 Å². The van der Waals surface area contributed by atoms with E-state index in [1.54, 1.807) is 6.07 Å². The summed E-state index contributed by atoms with van der Waals surface area (Å²) in [5, 5.41) is 8.64. The van der Waals surface area contributed by atoms with Crippen molar-refractivity contribution in [2.75, 3.05) is 5.43 Å². The highest BCUT2D eigenvalue weighted by Crippen LogP contribution is 2.18. The molecule has 0 aliphatic heterocycles. The van der Waals surface area contributed by atoms with Crippen LogP contribution in [0.25, 0.3) is 0 Å². The quantitative estimate of drug-likeness (QED) is 0.579. The van der Waals surface area contributed by atoms with Crippen molar-refractivity contribution in [3.05, 3.63) is 28.2 Å². The van der Waals surface area contributed by atoms with Crippen LogP contribution in [0, 0.1) is 0 Å². The van der Waals surface area contributed by atoms with Crippen LogP contribution < -0.4 is 11.3 Å². The average molecular weight is 304 g/mol. The van der Waals surface area contributed by atoms with Crippen LogP contribution in [-0.2, 0) is 0 Å². The fraction of sp³-hybridized carbons (Fsp3) is 0. The molecule has 14 heavy (non-hydrogen) atoms. The van der Waals surface area contributed by atoms with Crippen LogP contribution in [0.2, 0.25) is 0 Å². The topological polar surface area (TPSA) is 75.3 Å². The zero-order valence-corrected chi connectivity index (χ0v) is 10.1. The SMILES string of the molecule is Cl.Cl.NNc1cc(Br)cc(C(=O)O)c1. The third-order valence-corrected chi connectivity index (χ3v) is 1.77.